The van der Waals surface area contributed by atoms with Gasteiger partial charge in [0.25, 0.3) is 0 Å². The molecule has 0 aromatic rings. The average Bonchev–Trinajstić information content (AvgIpc) is 3.15. The van der Waals surface area contributed by atoms with Crippen LogP contribution in [0.2, 0.25) is 0 Å². The van der Waals surface area contributed by atoms with Crippen molar-refractivity contribution in [2.45, 2.75) is 85.5 Å². The number of hydrogen-bond donors (Lipinski definition) is 0. The molecule has 4 saturated carbocycles. The molecule has 8 nitrogen and oxygen atoms in total. The number of fused-ring (bicyclic) bond motifs is 5. The molecule has 0 bridgehead atoms. The van der Waals surface area contributed by atoms with Crippen molar-refractivity contribution in [2.75, 3.05) is 12.4 Å². The van der Waals surface area contributed by atoms with E-state index < -0.39 is 39.3 Å². The van der Waals surface area contributed by atoms with Crippen LogP contribution < -0.4 is 0 Å². The number of Topliss-reactive ketones (excluding diaryl/α,β-unsaturated/α-hetero) is 3. The standard InChI is InChI=1S/C27H40O8S/c1-16(5-8-24(31)35-11-12-36(32,33)34)19-6-7-20-26(19,3)23(30)15-21-25(2)10-9-18(28)13-17(25)14-22(29)27(20,21)4/h16-17,19-21H,5-15H2,1-4H3,(H,32,33,34)/p-1/t16-,17+,19-,20-,21-,25+,26-,27+/m1/s1. The number of ether oxygens (including phenoxy) is 1. The van der Waals surface area contributed by atoms with Crippen LogP contribution in [0.5, 0.6) is 0 Å². The quantitative estimate of drug-likeness (QED) is 0.366. The van der Waals surface area contributed by atoms with Gasteiger partial charge in [0.2, 0.25) is 0 Å². The minimum atomic E-state index is -4.44. The summed E-state index contributed by atoms with van der Waals surface area (Å²) in [5, 5.41) is 0. The van der Waals surface area contributed by atoms with Crippen LogP contribution in [0.4, 0.5) is 0 Å². The summed E-state index contributed by atoms with van der Waals surface area (Å²) in [5.41, 5.74) is -1.42. The predicted octanol–water partition coefficient (Wildman–Crippen LogP) is 3.47. The maximum Gasteiger partial charge on any atom is 0.305 e. The van der Waals surface area contributed by atoms with Crippen molar-refractivity contribution in [1.82, 2.24) is 0 Å². The first-order chi connectivity index (χ1) is 16.6. The largest absolute Gasteiger partial charge is 0.748 e. The third kappa shape index (κ3) is 4.38. The molecule has 8 atom stereocenters. The second-order valence-corrected chi connectivity index (χ2v) is 14.1. The summed E-state index contributed by atoms with van der Waals surface area (Å²) in [6.07, 6.45) is 4.68. The highest BCUT2D eigenvalue weighted by Gasteiger charge is 2.71. The fourth-order valence-corrected chi connectivity index (χ4v) is 9.17. The Bertz CT molecular complexity index is 1070. The molecule has 4 rings (SSSR count). The van der Waals surface area contributed by atoms with Gasteiger partial charge in [0.1, 0.15) is 24.0 Å². The Labute approximate surface area is 214 Å². The van der Waals surface area contributed by atoms with Crippen LogP contribution in [0.1, 0.15) is 85.5 Å². The molecule has 0 unspecified atom stereocenters. The summed E-state index contributed by atoms with van der Waals surface area (Å²) >= 11 is 0. The molecule has 9 heteroatoms. The highest BCUT2D eigenvalue weighted by Crippen LogP contribution is 2.70. The minimum absolute atomic E-state index is 0.0280. The van der Waals surface area contributed by atoms with Crippen LogP contribution in [0.25, 0.3) is 0 Å². The Kier molecular flexibility index (Phi) is 7.08. The van der Waals surface area contributed by atoms with E-state index in [1.807, 2.05) is 13.8 Å². The van der Waals surface area contributed by atoms with Gasteiger partial charge in [0.15, 0.2) is 0 Å². The van der Waals surface area contributed by atoms with Crippen molar-refractivity contribution < 1.29 is 36.9 Å². The van der Waals surface area contributed by atoms with E-state index in [2.05, 4.69) is 13.8 Å². The summed E-state index contributed by atoms with van der Waals surface area (Å²) < 4.78 is 37.0. The molecule has 4 aliphatic carbocycles. The molecule has 0 N–H and O–H groups in total. The van der Waals surface area contributed by atoms with Crippen LogP contribution >= 0.6 is 0 Å². The van der Waals surface area contributed by atoms with E-state index in [1.165, 1.54) is 0 Å². The van der Waals surface area contributed by atoms with Crippen molar-refractivity contribution >= 4 is 33.4 Å². The van der Waals surface area contributed by atoms with Gasteiger partial charge in [-0.25, -0.2) is 8.42 Å². The molecule has 4 fully saturated rings. The highest BCUT2D eigenvalue weighted by molar-refractivity contribution is 7.85. The fraction of sp³-hybridized carbons (Fsp3) is 0.852. The van der Waals surface area contributed by atoms with Crippen molar-refractivity contribution in [1.29, 1.82) is 0 Å². The topological polar surface area (TPSA) is 135 Å². The molecule has 0 saturated heterocycles. The monoisotopic (exact) mass is 523 g/mol. The van der Waals surface area contributed by atoms with Gasteiger partial charge in [-0.2, -0.15) is 0 Å². The number of rotatable bonds is 7. The third-order valence-electron chi connectivity index (χ3n) is 11.0. The average molecular weight is 524 g/mol. The van der Waals surface area contributed by atoms with Gasteiger partial charge in [-0.05, 0) is 60.7 Å². The van der Waals surface area contributed by atoms with Crippen molar-refractivity contribution in [2.24, 2.45) is 45.8 Å². The molecule has 202 valence electrons. The number of esters is 1. The van der Waals surface area contributed by atoms with Crippen LogP contribution in [-0.2, 0) is 34.0 Å². The van der Waals surface area contributed by atoms with Crippen LogP contribution in [0, 0.1) is 45.8 Å². The van der Waals surface area contributed by atoms with Gasteiger partial charge in [-0.3, -0.25) is 19.2 Å². The van der Waals surface area contributed by atoms with Crippen LogP contribution in [0.15, 0.2) is 0 Å². The zero-order valence-corrected chi connectivity index (χ0v) is 22.7. The number of carbonyl (C=O) groups is 4. The molecular weight excluding hydrogens is 484 g/mol. The van der Waals surface area contributed by atoms with E-state index in [4.69, 9.17) is 4.74 Å². The molecule has 0 amide bonds. The number of hydrogen-bond acceptors (Lipinski definition) is 8. The minimum Gasteiger partial charge on any atom is -0.748 e. The molecule has 36 heavy (non-hydrogen) atoms. The Morgan fingerprint density at radius 2 is 1.69 bits per heavy atom. The first kappa shape index (κ1) is 27.4. The maximum absolute atomic E-state index is 13.9. The van der Waals surface area contributed by atoms with E-state index in [-0.39, 0.29) is 58.8 Å². The fourth-order valence-electron chi connectivity index (χ4n) is 8.88. The van der Waals surface area contributed by atoms with E-state index in [9.17, 15) is 32.1 Å². The second kappa shape index (κ2) is 9.29. The first-order valence-corrected chi connectivity index (χ1v) is 14.9. The van der Waals surface area contributed by atoms with Gasteiger partial charge in [0.05, 0.1) is 15.9 Å². The van der Waals surface area contributed by atoms with E-state index in [0.717, 1.165) is 19.3 Å². The zero-order valence-electron chi connectivity index (χ0n) is 21.8. The Morgan fingerprint density at radius 1 is 1.03 bits per heavy atom. The van der Waals surface area contributed by atoms with E-state index >= 15 is 0 Å². The predicted molar refractivity (Wildman–Crippen MR) is 130 cm³/mol. The molecule has 0 heterocycles. The zero-order chi connectivity index (χ0) is 26.7. The third-order valence-corrected chi connectivity index (χ3v) is 11.6. The van der Waals surface area contributed by atoms with Gasteiger partial charge in [0, 0.05) is 42.9 Å². The maximum atomic E-state index is 13.9. The molecular formula is C27H39O8S-. The molecule has 0 radical (unpaired) electrons. The summed E-state index contributed by atoms with van der Waals surface area (Å²) in [4.78, 5) is 52.0. The van der Waals surface area contributed by atoms with Gasteiger partial charge in [-0.1, -0.05) is 27.7 Å². The number of ketones is 3. The first-order valence-electron chi connectivity index (χ1n) is 13.3. The second-order valence-electron chi connectivity index (χ2n) is 12.6. The van der Waals surface area contributed by atoms with Crippen molar-refractivity contribution in [3.8, 4) is 0 Å². The van der Waals surface area contributed by atoms with Gasteiger partial charge < -0.3 is 9.29 Å². The van der Waals surface area contributed by atoms with Gasteiger partial charge >= 0.3 is 5.97 Å². The molecule has 0 aliphatic heterocycles. The Balaban J connectivity index is 1.50. The summed E-state index contributed by atoms with van der Waals surface area (Å²) in [6.45, 7) is 7.89. The lowest BCUT2D eigenvalue weighted by Crippen LogP contribution is -2.65. The van der Waals surface area contributed by atoms with Crippen LogP contribution in [0.3, 0.4) is 0 Å². The lowest BCUT2D eigenvalue weighted by atomic mass is 9.38. The SMILES string of the molecule is C[C@H](CCC(=O)OCCS(=O)(=O)[O-])[C@H]1CC[C@@H]2[C@]1(C)C(=O)C[C@@H]1[C@@]3(C)CCC(=O)C[C@H]3CC(=O)[C@@]21C. The lowest BCUT2D eigenvalue weighted by Gasteiger charge is -2.63. The van der Waals surface area contributed by atoms with Gasteiger partial charge in [-0.15, -0.1) is 0 Å². The van der Waals surface area contributed by atoms with Crippen LogP contribution in [-0.4, -0.2) is 48.6 Å². The Hall–Kier alpha value is -1.61. The number of carbonyl (C=O) groups excluding carboxylic acids is 4. The smallest absolute Gasteiger partial charge is 0.305 e. The van der Waals surface area contributed by atoms with E-state index in [1.54, 1.807) is 0 Å². The molecule has 0 spiro atoms. The normalized spacial score (nSPS) is 41.3. The summed E-state index contributed by atoms with van der Waals surface area (Å²) in [6, 6.07) is 0. The molecule has 0 aromatic heterocycles. The Morgan fingerprint density at radius 3 is 2.36 bits per heavy atom. The lowest BCUT2D eigenvalue weighted by molar-refractivity contribution is -0.185. The molecule has 4 aliphatic rings. The highest BCUT2D eigenvalue weighted by atomic mass is 32.2. The van der Waals surface area contributed by atoms with Crippen molar-refractivity contribution in [3.63, 3.8) is 0 Å². The molecule has 0 aromatic carbocycles. The van der Waals surface area contributed by atoms with Crippen molar-refractivity contribution in [3.05, 3.63) is 0 Å². The summed E-state index contributed by atoms with van der Waals surface area (Å²) in [7, 11) is -4.44. The van der Waals surface area contributed by atoms with E-state index in [0.29, 0.717) is 32.1 Å². The summed E-state index contributed by atoms with van der Waals surface area (Å²) in [5.74, 6) is -0.658.